The molecule has 0 aliphatic carbocycles. The summed E-state index contributed by atoms with van der Waals surface area (Å²) in [5.74, 6) is -0.658. The standard InChI is InChI=1S/C13H15NO7/c1-18-12(16)20-6-8-3-9(7-21-13(17)19-2)5-10(4-8)11(14)15/h3-5H,6-7H2,1-2H3,(H2,14,15). The highest BCUT2D eigenvalue weighted by atomic mass is 16.7. The van der Waals surface area contributed by atoms with E-state index in [4.69, 9.17) is 15.2 Å². The molecule has 0 aromatic heterocycles. The summed E-state index contributed by atoms with van der Waals surface area (Å²) in [5.41, 5.74) is 6.41. The molecule has 8 nitrogen and oxygen atoms in total. The van der Waals surface area contributed by atoms with Crippen molar-refractivity contribution in [3.8, 4) is 0 Å². The number of nitrogens with two attached hydrogens (primary N) is 1. The van der Waals surface area contributed by atoms with Gasteiger partial charge in [-0.3, -0.25) is 4.79 Å². The molecule has 114 valence electrons. The number of hydrogen-bond donors (Lipinski definition) is 1. The molecular weight excluding hydrogens is 282 g/mol. The van der Waals surface area contributed by atoms with Crippen molar-refractivity contribution in [1.29, 1.82) is 0 Å². The van der Waals surface area contributed by atoms with Crippen LogP contribution in [-0.4, -0.2) is 32.4 Å². The molecule has 0 aliphatic rings. The molecular formula is C13H15NO7. The third-order valence-corrected chi connectivity index (χ3v) is 2.38. The molecule has 0 atom stereocenters. The number of methoxy groups -OCH3 is 2. The van der Waals surface area contributed by atoms with Crippen molar-refractivity contribution in [3.63, 3.8) is 0 Å². The lowest BCUT2D eigenvalue weighted by Gasteiger charge is -2.09. The summed E-state index contributed by atoms with van der Waals surface area (Å²) in [6.07, 6.45) is -1.71. The van der Waals surface area contributed by atoms with Gasteiger partial charge in [0, 0.05) is 5.56 Å². The Morgan fingerprint density at radius 2 is 1.33 bits per heavy atom. The Morgan fingerprint density at radius 1 is 0.905 bits per heavy atom. The van der Waals surface area contributed by atoms with Gasteiger partial charge in [0.2, 0.25) is 5.91 Å². The van der Waals surface area contributed by atoms with E-state index in [1.165, 1.54) is 26.4 Å². The molecule has 0 heterocycles. The lowest BCUT2D eigenvalue weighted by Crippen LogP contribution is -2.13. The minimum Gasteiger partial charge on any atom is -0.438 e. The smallest absolute Gasteiger partial charge is 0.438 e. The SMILES string of the molecule is COC(=O)OCc1cc(COC(=O)OC)cc(C(N)=O)c1. The molecule has 0 spiro atoms. The fourth-order valence-corrected chi connectivity index (χ4v) is 1.47. The maximum absolute atomic E-state index is 11.3. The minimum absolute atomic E-state index is 0.112. The largest absolute Gasteiger partial charge is 0.508 e. The van der Waals surface area contributed by atoms with E-state index < -0.39 is 18.2 Å². The van der Waals surface area contributed by atoms with Gasteiger partial charge in [-0.2, -0.15) is 0 Å². The third-order valence-electron chi connectivity index (χ3n) is 2.38. The van der Waals surface area contributed by atoms with Gasteiger partial charge in [0.25, 0.3) is 0 Å². The van der Waals surface area contributed by atoms with Crippen LogP contribution in [0.25, 0.3) is 0 Å². The summed E-state index contributed by atoms with van der Waals surface area (Å²) in [6.45, 7) is -0.224. The second-order valence-corrected chi connectivity index (χ2v) is 3.89. The first-order valence-electron chi connectivity index (χ1n) is 5.80. The highest BCUT2D eigenvalue weighted by Crippen LogP contribution is 2.13. The van der Waals surface area contributed by atoms with Crippen molar-refractivity contribution in [3.05, 3.63) is 34.9 Å². The fourth-order valence-electron chi connectivity index (χ4n) is 1.47. The average Bonchev–Trinajstić information content (AvgIpc) is 2.49. The van der Waals surface area contributed by atoms with Crippen molar-refractivity contribution < 1.29 is 33.3 Å². The molecule has 8 heteroatoms. The first kappa shape index (κ1) is 16.3. The predicted octanol–water partition coefficient (Wildman–Crippen LogP) is 1.35. The van der Waals surface area contributed by atoms with Crippen LogP contribution in [0.2, 0.25) is 0 Å². The maximum atomic E-state index is 11.3. The molecule has 0 unspecified atom stereocenters. The van der Waals surface area contributed by atoms with Crippen LogP contribution in [0.5, 0.6) is 0 Å². The molecule has 1 aromatic carbocycles. The van der Waals surface area contributed by atoms with Crippen LogP contribution in [0.3, 0.4) is 0 Å². The highest BCUT2D eigenvalue weighted by molar-refractivity contribution is 5.93. The molecule has 0 fully saturated rings. The Bertz CT molecular complexity index is 503. The van der Waals surface area contributed by atoms with Gasteiger partial charge in [-0.1, -0.05) is 0 Å². The van der Waals surface area contributed by atoms with Crippen LogP contribution in [0, 0.1) is 0 Å². The van der Waals surface area contributed by atoms with E-state index in [-0.39, 0.29) is 18.8 Å². The van der Waals surface area contributed by atoms with Gasteiger partial charge < -0.3 is 24.7 Å². The van der Waals surface area contributed by atoms with E-state index in [2.05, 4.69) is 9.47 Å². The van der Waals surface area contributed by atoms with Gasteiger partial charge in [0.05, 0.1) is 14.2 Å². The first-order valence-corrected chi connectivity index (χ1v) is 5.80. The zero-order chi connectivity index (χ0) is 15.8. The van der Waals surface area contributed by atoms with E-state index in [0.29, 0.717) is 11.1 Å². The lowest BCUT2D eigenvalue weighted by atomic mass is 10.1. The van der Waals surface area contributed by atoms with E-state index in [0.717, 1.165) is 0 Å². The van der Waals surface area contributed by atoms with E-state index >= 15 is 0 Å². The lowest BCUT2D eigenvalue weighted by molar-refractivity contribution is 0.0662. The van der Waals surface area contributed by atoms with Crippen LogP contribution in [-0.2, 0) is 32.2 Å². The summed E-state index contributed by atoms with van der Waals surface area (Å²) in [4.78, 5) is 33.1. The van der Waals surface area contributed by atoms with Crippen molar-refractivity contribution >= 4 is 18.2 Å². The van der Waals surface area contributed by atoms with E-state index in [9.17, 15) is 14.4 Å². The van der Waals surface area contributed by atoms with Gasteiger partial charge in [0.15, 0.2) is 0 Å². The number of amides is 1. The number of hydrogen-bond acceptors (Lipinski definition) is 7. The van der Waals surface area contributed by atoms with Crippen LogP contribution in [0.4, 0.5) is 9.59 Å². The Kier molecular flexibility index (Phi) is 5.99. The monoisotopic (exact) mass is 297 g/mol. The summed E-state index contributed by atoms with van der Waals surface area (Å²) in [7, 11) is 2.36. The Hall–Kier alpha value is -2.77. The number of primary amides is 1. The van der Waals surface area contributed by atoms with E-state index in [1.807, 2.05) is 0 Å². The fraction of sp³-hybridized carbons (Fsp3) is 0.308. The first-order chi connectivity index (χ1) is 9.96. The molecule has 1 amide bonds. The van der Waals surface area contributed by atoms with Crippen molar-refractivity contribution in [2.24, 2.45) is 5.73 Å². The van der Waals surface area contributed by atoms with Crippen LogP contribution >= 0.6 is 0 Å². The van der Waals surface area contributed by atoms with Crippen molar-refractivity contribution in [2.45, 2.75) is 13.2 Å². The second-order valence-electron chi connectivity index (χ2n) is 3.89. The Labute approximate surface area is 120 Å². The molecule has 21 heavy (non-hydrogen) atoms. The van der Waals surface area contributed by atoms with Gasteiger partial charge in [-0.05, 0) is 29.3 Å². The molecule has 1 rings (SSSR count). The van der Waals surface area contributed by atoms with Gasteiger partial charge in [-0.15, -0.1) is 0 Å². The number of benzene rings is 1. The summed E-state index contributed by atoms with van der Waals surface area (Å²) >= 11 is 0. The maximum Gasteiger partial charge on any atom is 0.508 e. The highest BCUT2D eigenvalue weighted by Gasteiger charge is 2.10. The topological polar surface area (TPSA) is 114 Å². The zero-order valence-electron chi connectivity index (χ0n) is 11.6. The van der Waals surface area contributed by atoms with Crippen molar-refractivity contribution in [1.82, 2.24) is 0 Å². The summed E-state index contributed by atoms with van der Waals surface area (Å²) < 4.78 is 18.2. The van der Waals surface area contributed by atoms with Gasteiger partial charge >= 0.3 is 12.3 Å². The van der Waals surface area contributed by atoms with Crippen molar-refractivity contribution in [2.75, 3.05) is 14.2 Å². The zero-order valence-corrected chi connectivity index (χ0v) is 11.6. The predicted molar refractivity (Wildman–Crippen MR) is 69.3 cm³/mol. The Morgan fingerprint density at radius 3 is 1.67 bits per heavy atom. The molecule has 0 aliphatic heterocycles. The van der Waals surface area contributed by atoms with Gasteiger partial charge in [-0.25, -0.2) is 9.59 Å². The molecule has 1 aromatic rings. The van der Waals surface area contributed by atoms with Crippen LogP contribution < -0.4 is 5.73 Å². The minimum atomic E-state index is -0.855. The molecule has 0 bridgehead atoms. The van der Waals surface area contributed by atoms with Crippen LogP contribution in [0.15, 0.2) is 18.2 Å². The second kappa shape index (κ2) is 7.73. The molecule has 2 N–H and O–H groups in total. The number of carbonyl (C=O) groups excluding carboxylic acids is 3. The molecule has 0 radical (unpaired) electrons. The normalized spacial score (nSPS) is 9.62. The van der Waals surface area contributed by atoms with E-state index in [1.54, 1.807) is 6.07 Å². The number of rotatable bonds is 5. The quantitative estimate of drug-likeness (QED) is 0.816. The third kappa shape index (κ3) is 5.39. The van der Waals surface area contributed by atoms with Crippen LogP contribution in [0.1, 0.15) is 21.5 Å². The van der Waals surface area contributed by atoms with Gasteiger partial charge in [0.1, 0.15) is 13.2 Å². The number of ether oxygens (including phenoxy) is 4. The average molecular weight is 297 g/mol. The summed E-state index contributed by atoms with van der Waals surface area (Å²) in [5, 5.41) is 0. The molecule has 0 saturated carbocycles. The summed E-state index contributed by atoms with van der Waals surface area (Å²) in [6, 6.07) is 4.53. The Balaban J connectivity index is 2.86. The number of carbonyl (C=O) groups is 3. The molecule has 0 saturated heterocycles.